The van der Waals surface area contributed by atoms with Crippen LogP contribution < -0.4 is 4.74 Å². The molecule has 130 valence electrons. The number of carbonyl (C=O) groups excluding carboxylic acids is 3. The van der Waals surface area contributed by atoms with E-state index in [1.54, 1.807) is 12.1 Å². The van der Waals surface area contributed by atoms with Gasteiger partial charge in [-0.3, -0.25) is 4.79 Å². The Bertz CT molecular complexity index is 606. The van der Waals surface area contributed by atoms with Crippen molar-refractivity contribution in [2.45, 2.75) is 26.2 Å². The summed E-state index contributed by atoms with van der Waals surface area (Å²) in [5, 5.41) is 0. The van der Waals surface area contributed by atoms with E-state index in [9.17, 15) is 14.4 Å². The topological polar surface area (TPSA) is 78.9 Å². The maximum atomic E-state index is 12.0. The number of allylic oxidation sites excluding steroid dienone is 1. The minimum Gasteiger partial charge on any atom is -0.481 e. The van der Waals surface area contributed by atoms with E-state index >= 15 is 0 Å². The summed E-state index contributed by atoms with van der Waals surface area (Å²) in [7, 11) is 1.23. The van der Waals surface area contributed by atoms with E-state index in [1.807, 2.05) is 6.92 Å². The molecule has 1 rings (SSSR count). The van der Waals surface area contributed by atoms with Crippen molar-refractivity contribution in [3.8, 4) is 5.75 Å². The number of esters is 2. The maximum absolute atomic E-state index is 12.0. The summed E-state index contributed by atoms with van der Waals surface area (Å²) in [4.78, 5) is 34.7. The van der Waals surface area contributed by atoms with Gasteiger partial charge in [-0.25, -0.2) is 9.59 Å². The molecule has 0 saturated carbocycles. The summed E-state index contributed by atoms with van der Waals surface area (Å²) in [6, 6.07) is 2.95. The molecule has 1 aromatic carbocycles. The normalized spacial score (nSPS) is 9.92. The van der Waals surface area contributed by atoms with Gasteiger partial charge in [0.2, 0.25) is 0 Å². The molecule has 0 spiro atoms. The highest BCUT2D eigenvalue weighted by atomic mass is 16.6. The van der Waals surface area contributed by atoms with Gasteiger partial charge in [0.05, 0.1) is 13.7 Å². The molecule has 0 aliphatic heterocycles. The summed E-state index contributed by atoms with van der Waals surface area (Å²) < 4.78 is 15.2. The third-order valence-corrected chi connectivity index (χ3v) is 3.19. The van der Waals surface area contributed by atoms with Crippen LogP contribution in [0.25, 0.3) is 0 Å². The summed E-state index contributed by atoms with van der Waals surface area (Å²) in [6.07, 6.45) is 4.29. The molecule has 0 saturated heterocycles. The van der Waals surface area contributed by atoms with Crippen molar-refractivity contribution in [1.82, 2.24) is 0 Å². The molecule has 0 atom stereocenters. The number of rotatable bonds is 10. The fraction of sp³-hybridized carbons (Fsp3) is 0.389. The molecule has 0 fully saturated rings. The Hall–Kier alpha value is -2.63. The molecule has 1 aromatic rings. The first-order valence-corrected chi connectivity index (χ1v) is 7.67. The zero-order valence-electron chi connectivity index (χ0n) is 14.0. The Morgan fingerprint density at radius 1 is 1.29 bits per heavy atom. The van der Waals surface area contributed by atoms with Crippen molar-refractivity contribution < 1.29 is 28.6 Å². The number of ether oxygens (including phenoxy) is 3. The number of aldehydes is 1. The van der Waals surface area contributed by atoms with Gasteiger partial charge in [0.15, 0.2) is 6.61 Å². The van der Waals surface area contributed by atoms with E-state index in [1.165, 1.54) is 13.2 Å². The van der Waals surface area contributed by atoms with Crippen molar-refractivity contribution >= 4 is 18.2 Å². The van der Waals surface area contributed by atoms with Crippen molar-refractivity contribution in [3.05, 3.63) is 41.5 Å². The fourth-order valence-corrected chi connectivity index (χ4v) is 2.02. The van der Waals surface area contributed by atoms with Crippen molar-refractivity contribution in [3.63, 3.8) is 0 Å². The average Bonchev–Trinajstić information content (AvgIpc) is 2.59. The number of hydrogen-bond acceptors (Lipinski definition) is 6. The van der Waals surface area contributed by atoms with E-state index in [4.69, 9.17) is 14.2 Å². The quantitative estimate of drug-likeness (QED) is 0.283. The molecule has 0 aliphatic rings. The van der Waals surface area contributed by atoms with Gasteiger partial charge in [-0.15, -0.1) is 6.58 Å². The Kier molecular flexibility index (Phi) is 8.25. The second kappa shape index (κ2) is 10.2. The largest absolute Gasteiger partial charge is 0.481 e. The molecule has 6 nitrogen and oxygen atoms in total. The lowest BCUT2D eigenvalue weighted by atomic mass is 10.0. The minimum atomic E-state index is -0.654. The number of methoxy groups -OCH3 is 1. The highest BCUT2D eigenvalue weighted by Gasteiger charge is 2.19. The first kappa shape index (κ1) is 19.4. The first-order valence-electron chi connectivity index (χ1n) is 7.67. The van der Waals surface area contributed by atoms with Gasteiger partial charge in [0.1, 0.15) is 17.6 Å². The van der Waals surface area contributed by atoms with Gasteiger partial charge in [-0.05, 0) is 30.5 Å². The summed E-state index contributed by atoms with van der Waals surface area (Å²) >= 11 is 0. The standard InChI is InChI=1S/C18H22O6/c1-4-6-8-23-16(20)12-24-17-14(7-5-2)9-13(11-19)10-15(17)18(21)22-3/h5,9-11H,2,4,6-8,12H2,1,3H3. The Morgan fingerprint density at radius 2 is 2.04 bits per heavy atom. The van der Waals surface area contributed by atoms with Crippen LogP contribution in [0.2, 0.25) is 0 Å². The van der Waals surface area contributed by atoms with E-state index in [0.717, 1.165) is 12.8 Å². The molecule has 0 unspecified atom stereocenters. The Balaban J connectivity index is 3.04. The van der Waals surface area contributed by atoms with Crippen LogP contribution >= 0.6 is 0 Å². The molecule has 0 amide bonds. The zero-order chi connectivity index (χ0) is 17.9. The Morgan fingerprint density at radius 3 is 2.62 bits per heavy atom. The highest BCUT2D eigenvalue weighted by molar-refractivity contribution is 5.95. The van der Waals surface area contributed by atoms with Crippen LogP contribution in [0, 0.1) is 0 Å². The number of hydrogen-bond donors (Lipinski definition) is 0. The summed E-state index contributed by atoms with van der Waals surface area (Å²) in [5.41, 5.74) is 0.960. The SMILES string of the molecule is C=CCc1cc(C=O)cc(C(=O)OC)c1OCC(=O)OCCCC. The second-order valence-electron chi connectivity index (χ2n) is 5.02. The lowest BCUT2D eigenvalue weighted by molar-refractivity contribution is -0.146. The van der Waals surface area contributed by atoms with Crippen LogP contribution in [-0.2, 0) is 20.7 Å². The van der Waals surface area contributed by atoms with E-state index in [-0.39, 0.29) is 17.9 Å². The van der Waals surface area contributed by atoms with Gasteiger partial charge < -0.3 is 14.2 Å². The molecule has 0 aromatic heterocycles. The molecule has 6 heteroatoms. The van der Waals surface area contributed by atoms with Crippen LogP contribution in [-0.4, -0.2) is 38.5 Å². The van der Waals surface area contributed by atoms with Crippen molar-refractivity contribution in [1.29, 1.82) is 0 Å². The smallest absolute Gasteiger partial charge is 0.344 e. The zero-order valence-corrected chi connectivity index (χ0v) is 14.0. The molecule has 0 bridgehead atoms. The van der Waals surface area contributed by atoms with Gasteiger partial charge in [-0.1, -0.05) is 19.4 Å². The average molecular weight is 334 g/mol. The molecular formula is C18H22O6. The number of carbonyl (C=O) groups is 3. The molecule has 0 radical (unpaired) electrons. The Labute approximate surface area is 141 Å². The third kappa shape index (κ3) is 5.53. The van der Waals surface area contributed by atoms with Crippen LogP contribution in [0.1, 0.15) is 46.0 Å². The minimum absolute atomic E-state index is 0.0836. The predicted octanol–water partition coefficient (Wildman–Crippen LogP) is 2.74. The van der Waals surface area contributed by atoms with Gasteiger partial charge >= 0.3 is 11.9 Å². The van der Waals surface area contributed by atoms with Crippen LogP contribution in [0.3, 0.4) is 0 Å². The molecular weight excluding hydrogens is 312 g/mol. The van der Waals surface area contributed by atoms with E-state index in [2.05, 4.69) is 6.58 Å². The van der Waals surface area contributed by atoms with Gasteiger partial charge in [0.25, 0.3) is 0 Å². The number of benzene rings is 1. The third-order valence-electron chi connectivity index (χ3n) is 3.19. The van der Waals surface area contributed by atoms with Crippen molar-refractivity contribution in [2.75, 3.05) is 20.3 Å². The lowest BCUT2D eigenvalue weighted by Gasteiger charge is -2.15. The van der Waals surface area contributed by atoms with Crippen LogP contribution in [0.4, 0.5) is 0 Å². The van der Waals surface area contributed by atoms with Crippen molar-refractivity contribution in [2.24, 2.45) is 0 Å². The van der Waals surface area contributed by atoms with E-state index < -0.39 is 11.9 Å². The van der Waals surface area contributed by atoms with E-state index in [0.29, 0.717) is 30.4 Å². The number of unbranched alkanes of at least 4 members (excludes halogenated alkanes) is 1. The first-order chi connectivity index (χ1) is 11.6. The lowest BCUT2D eigenvalue weighted by Crippen LogP contribution is -2.18. The molecule has 0 heterocycles. The highest BCUT2D eigenvalue weighted by Crippen LogP contribution is 2.27. The van der Waals surface area contributed by atoms with Crippen LogP contribution in [0.5, 0.6) is 5.75 Å². The fourth-order valence-electron chi connectivity index (χ4n) is 2.02. The summed E-state index contributed by atoms with van der Waals surface area (Å²) in [6.45, 7) is 5.62. The monoisotopic (exact) mass is 334 g/mol. The molecule has 0 N–H and O–H groups in total. The maximum Gasteiger partial charge on any atom is 0.344 e. The summed E-state index contributed by atoms with van der Waals surface area (Å²) in [5.74, 6) is -0.985. The predicted molar refractivity (Wildman–Crippen MR) is 88.4 cm³/mol. The van der Waals surface area contributed by atoms with Gasteiger partial charge in [-0.2, -0.15) is 0 Å². The molecule has 0 aliphatic carbocycles. The second-order valence-corrected chi connectivity index (χ2v) is 5.02. The molecule has 24 heavy (non-hydrogen) atoms. The van der Waals surface area contributed by atoms with Gasteiger partial charge in [0, 0.05) is 5.56 Å². The van der Waals surface area contributed by atoms with Crippen LogP contribution in [0.15, 0.2) is 24.8 Å².